The van der Waals surface area contributed by atoms with Crippen LogP contribution in [0.3, 0.4) is 0 Å². The van der Waals surface area contributed by atoms with Crippen LogP contribution in [0.1, 0.15) is 36.4 Å². The molecule has 0 N–H and O–H groups in total. The third-order valence-electron chi connectivity index (χ3n) is 5.81. The van der Waals surface area contributed by atoms with Crippen molar-refractivity contribution in [3.05, 3.63) is 16.1 Å². The van der Waals surface area contributed by atoms with E-state index in [1.807, 2.05) is 17.2 Å². The van der Waals surface area contributed by atoms with E-state index in [0.717, 1.165) is 46.2 Å². The van der Waals surface area contributed by atoms with Gasteiger partial charge in [-0.15, -0.1) is 11.3 Å². The minimum atomic E-state index is -0.737. The van der Waals surface area contributed by atoms with Crippen LogP contribution in [-0.4, -0.2) is 87.2 Å². The lowest BCUT2D eigenvalue weighted by molar-refractivity contribution is -0.144. The number of hydrogen-bond donors (Lipinski definition) is 0. The highest BCUT2D eigenvalue weighted by Crippen LogP contribution is 2.28. The van der Waals surface area contributed by atoms with Gasteiger partial charge in [-0.2, -0.15) is 0 Å². The molecule has 1 aromatic heterocycles. The maximum absolute atomic E-state index is 12.7. The Labute approximate surface area is 173 Å². The first-order chi connectivity index (χ1) is 13.9. The number of nitrogens with zero attached hydrogens (tertiary/aromatic N) is 5. The molecule has 0 bridgehead atoms. The molecule has 1 saturated carbocycles. The standard InChI is InChI=1S/C19H25N5O4S/c1-13-11-29-15(20-13)10-16(25)22-8-6-21(7-9-22)12-23-17(26)18(27)24(19(23)28)14-4-2-3-5-14/h11,14H,2-10,12H2,1H3. The van der Waals surface area contributed by atoms with Crippen molar-refractivity contribution in [2.75, 3.05) is 32.8 Å². The van der Waals surface area contributed by atoms with Crippen molar-refractivity contribution in [1.29, 1.82) is 0 Å². The SMILES string of the molecule is Cc1csc(CC(=O)N2CCN(CN3C(=O)C(=O)N(C4CCCC4)C3=O)CC2)n1. The predicted molar refractivity (Wildman–Crippen MR) is 105 cm³/mol. The second-order valence-electron chi connectivity index (χ2n) is 7.83. The van der Waals surface area contributed by atoms with Gasteiger partial charge in [-0.05, 0) is 19.8 Å². The van der Waals surface area contributed by atoms with Gasteiger partial charge in [0.25, 0.3) is 0 Å². The lowest BCUT2D eigenvalue weighted by atomic mass is 10.2. The minimum absolute atomic E-state index is 0.0370. The first kappa shape index (κ1) is 20.0. The molecular weight excluding hydrogens is 394 g/mol. The van der Waals surface area contributed by atoms with Crippen molar-refractivity contribution >= 4 is 35.1 Å². The van der Waals surface area contributed by atoms with Crippen molar-refractivity contribution in [1.82, 2.24) is 24.6 Å². The van der Waals surface area contributed by atoms with Crippen LogP contribution in [0.25, 0.3) is 0 Å². The van der Waals surface area contributed by atoms with Gasteiger partial charge in [0, 0.05) is 43.3 Å². The molecule has 2 saturated heterocycles. The molecule has 156 valence electrons. The largest absolute Gasteiger partial charge is 0.340 e. The van der Waals surface area contributed by atoms with Crippen LogP contribution in [0, 0.1) is 6.92 Å². The zero-order valence-corrected chi connectivity index (χ0v) is 17.3. The Bertz CT molecular complexity index is 826. The minimum Gasteiger partial charge on any atom is -0.340 e. The van der Waals surface area contributed by atoms with E-state index in [1.165, 1.54) is 11.3 Å². The highest BCUT2D eigenvalue weighted by Gasteiger charge is 2.48. The predicted octanol–water partition coefficient (Wildman–Crippen LogP) is 0.829. The number of urea groups is 1. The van der Waals surface area contributed by atoms with Crippen LogP contribution in [0.2, 0.25) is 0 Å². The van der Waals surface area contributed by atoms with E-state index in [2.05, 4.69) is 4.98 Å². The quantitative estimate of drug-likeness (QED) is 0.518. The monoisotopic (exact) mass is 419 g/mol. The molecule has 0 unspecified atom stereocenters. The van der Waals surface area contributed by atoms with E-state index in [-0.39, 0.29) is 18.6 Å². The lowest BCUT2D eigenvalue weighted by Gasteiger charge is -2.36. The number of carbonyl (C=O) groups is 4. The summed E-state index contributed by atoms with van der Waals surface area (Å²) in [6.07, 6.45) is 3.81. The number of aromatic nitrogens is 1. The first-order valence-corrected chi connectivity index (χ1v) is 10.9. The Hall–Kier alpha value is -2.33. The van der Waals surface area contributed by atoms with Gasteiger partial charge < -0.3 is 4.90 Å². The van der Waals surface area contributed by atoms with E-state index < -0.39 is 17.8 Å². The molecule has 10 heteroatoms. The molecule has 0 atom stereocenters. The lowest BCUT2D eigenvalue weighted by Crippen LogP contribution is -2.53. The molecular formula is C19H25N5O4S. The van der Waals surface area contributed by atoms with Gasteiger partial charge in [-0.3, -0.25) is 24.2 Å². The number of thiazole rings is 1. The molecule has 2 aliphatic heterocycles. The van der Waals surface area contributed by atoms with E-state index in [0.29, 0.717) is 32.6 Å². The molecule has 5 amide bonds. The fourth-order valence-corrected chi connectivity index (χ4v) is 4.96. The average Bonchev–Trinajstić information content (AvgIpc) is 3.41. The molecule has 29 heavy (non-hydrogen) atoms. The van der Waals surface area contributed by atoms with E-state index in [1.54, 1.807) is 4.90 Å². The van der Waals surface area contributed by atoms with Crippen molar-refractivity contribution in [3.8, 4) is 0 Å². The molecule has 4 rings (SSSR count). The summed E-state index contributed by atoms with van der Waals surface area (Å²) in [6.45, 7) is 4.16. The summed E-state index contributed by atoms with van der Waals surface area (Å²) in [5.41, 5.74) is 0.920. The van der Waals surface area contributed by atoms with Gasteiger partial charge in [-0.25, -0.2) is 14.7 Å². The number of carbonyl (C=O) groups excluding carboxylic acids is 4. The van der Waals surface area contributed by atoms with Crippen molar-refractivity contribution < 1.29 is 19.2 Å². The van der Waals surface area contributed by atoms with Gasteiger partial charge in [0.15, 0.2) is 0 Å². The summed E-state index contributed by atoms with van der Waals surface area (Å²) in [5, 5.41) is 2.74. The van der Waals surface area contributed by atoms with Gasteiger partial charge in [-0.1, -0.05) is 12.8 Å². The van der Waals surface area contributed by atoms with Crippen LogP contribution in [-0.2, 0) is 20.8 Å². The van der Waals surface area contributed by atoms with Crippen molar-refractivity contribution in [2.45, 2.75) is 45.1 Å². The number of piperazine rings is 1. The third-order valence-corrected chi connectivity index (χ3v) is 6.78. The normalized spacial score (nSPS) is 21.7. The van der Waals surface area contributed by atoms with E-state index in [9.17, 15) is 19.2 Å². The summed E-state index contributed by atoms with van der Waals surface area (Å²) in [7, 11) is 0. The summed E-state index contributed by atoms with van der Waals surface area (Å²) in [5.74, 6) is -1.40. The van der Waals surface area contributed by atoms with E-state index >= 15 is 0 Å². The summed E-state index contributed by atoms with van der Waals surface area (Å²) >= 11 is 1.49. The van der Waals surface area contributed by atoms with Crippen LogP contribution >= 0.6 is 11.3 Å². The molecule has 0 spiro atoms. The fraction of sp³-hybridized carbons (Fsp3) is 0.632. The molecule has 1 aromatic rings. The van der Waals surface area contributed by atoms with Crippen molar-refractivity contribution in [2.24, 2.45) is 0 Å². The number of aryl methyl sites for hydroxylation is 1. The Kier molecular flexibility index (Phi) is 5.64. The fourth-order valence-electron chi connectivity index (χ4n) is 4.20. The van der Waals surface area contributed by atoms with Crippen molar-refractivity contribution in [3.63, 3.8) is 0 Å². The number of rotatable bonds is 5. The summed E-state index contributed by atoms with van der Waals surface area (Å²) in [4.78, 5) is 60.1. The zero-order chi connectivity index (χ0) is 20.5. The van der Waals surface area contributed by atoms with E-state index in [4.69, 9.17) is 0 Å². The Morgan fingerprint density at radius 3 is 2.41 bits per heavy atom. The topological polar surface area (TPSA) is 94.1 Å². The van der Waals surface area contributed by atoms with Crippen LogP contribution < -0.4 is 0 Å². The summed E-state index contributed by atoms with van der Waals surface area (Å²) < 4.78 is 0. The third kappa shape index (κ3) is 4.04. The van der Waals surface area contributed by atoms with Crippen LogP contribution in [0.4, 0.5) is 4.79 Å². The molecule has 3 fully saturated rings. The highest BCUT2D eigenvalue weighted by molar-refractivity contribution is 7.09. The number of imide groups is 2. The van der Waals surface area contributed by atoms with Gasteiger partial charge in [0.05, 0.1) is 13.1 Å². The molecule has 3 heterocycles. The van der Waals surface area contributed by atoms with Gasteiger partial charge in [0.2, 0.25) is 5.91 Å². The first-order valence-electron chi connectivity index (χ1n) is 10.0. The molecule has 0 aromatic carbocycles. The van der Waals surface area contributed by atoms with Crippen LogP contribution in [0.15, 0.2) is 5.38 Å². The molecule has 1 aliphatic carbocycles. The number of hydrogen-bond acceptors (Lipinski definition) is 7. The number of amides is 5. The molecule has 9 nitrogen and oxygen atoms in total. The van der Waals surface area contributed by atoms with Gasteiger partial charge in [0.1, 0.15) is 5.01 Å². The Balaban J connectivity index is 1.30. The summed E-state index contributed by atoms with van der Waals surface area (Å²) in [6, 6.07) is -0.641. The zero-order valence-electron chi connectivity index (χ0n) is 16.5. The second-order valence-corrected chi connectivity index (χ2v) is 8.77. The molecule has 3 aliphatic rings. The molecule has 0 radical (unpaired) electrons. The Morgan fingerprint density at radius 1 is 1.10 bits per heavy atom. The van der Waals surface area contributed by atoms with Crippen LogP contribution in [0.5, 0.6) is 0 Å². The maximum Gasteiger partial charge on any atom is 0.335 e. The highest BCUT2D eigenvalue weighted by atomic mass is 32.1. The second kappa shape index (κ2) is 8.19. The maximum atomic E-state index is 12.7. The Morgan fingerprint density at radius 2 is 1.79 bits per heavy atom. The smallest absolute Gasteiger partial charge is 0.335 e. The van der Waals surface area contributed by atoms with Gasteiger partial charge >= 0.3 is 17.8 Å². The average molecular weight is 420 g/mol.